The topological polar surface area (TPSA) is 49.9 Å². The molecule has 0 saturated carbocycles. The zero-order chi connectivity index (χ0) is 18.4. The molecule has 1 aliphatic rings. The fraction of sp³-hybridized carbons (Fsp3) is 0.333. The van der Waals surface area contributed by atoms with E-state index in [1.807, 2.05) is 42.5 Å². The molecule has 2 aromatic rings. The highest BCUT2D eigenvalue weighted by Crippen LogP contribution is 2.28. The summed E-state index contributed by atoms with van der Waals surface area (Å²) in [5.74, 6) is 0.648. The number of hydrogen-bond acceptors (Lipinski definition) is 3. The molecule has 2 amide bonds. The number of piperazine rings is 1. The predicted octanol–water partition coefficient (Wildman–Crippen LogP) is 2.89. The van der Waals surface area contributed by atoms with Crippen molar-refractivity contribution in [1.82, 2.24) is 4.90 Å². The summed E-state index contributed by atoms with van der Waals surface area (Å²) >= 11 is 0. The van der Waals surface area contributed by atoms with Gasteiger partial charge in [-0.25, -0.2) is 0 Å². The molecular formula is C21H24N2O3. The summed E-state index contributed by atoms with van der Waals surface area (Å²) in [6, 6.07) is 17.6. The summed E-state index contributed by atoms with van der Waals surface area (Å²) in [5.41, 5.74) is 1.99. The first-order chi connectivity index (χ1) is 12.7. The Hall–Kier alpha value is -2.82. The SMILES string of the molecule is COc1ccccc1N1CCN(C(=O)CCCc2ccccc2)CC1=O. The summed E-state index contributed by atoms with van der Waals surface area (Å²) in [7, 11) is 1.59. The fourth-order valence-corrected chi connectivity index (χ4v) is 3.24. The lowest BCUT2D eigenvalue weighted by Crippen LogP contribution is -2.52. The molecule has 3 rings (SSSR count). The molecule has 1 saturated heterocycles. The van der Waals surface area contributed by atoms with Gasteiger partial charge in [-0.15, -0.1) is 0 Å². The number of amides is 2. The predicted molar refractivity (Wildman–Crippen MR) is 101 cm³/mol. The average Bonchev–Trinajstić information content (AvgIpc) is 2.68. The number of aryl methyl sites for hydroxylation is 1. The average molecular weight is 352 g/mol. The maximum atomic E-state index is 12.5. The Morgan fingerprint density at radius 3 is 2.50 bits per heavy atom. The maximum Gasteiger partial charge on any atom is 0.246 e. The molecule has 0 radical (unpaired) electrons. The third-order valence-electron chi connectivity index (χ3n) is 4.65. The van der Waals surface area contributed by atoms with Crippen LogP contribution in [0.15, 0.2) is 54.6 Å². The molecule has 1 aliphatic heterocycles. The third-order valence-corrected chi connectivity index (χ3v) is 4.65. The Balaban J connectivity index is 1.53. The van der Waals surface area contributed by atoms with E-state index in [9.17, 15) is 9.59 Å². The molecule has 26 heavy (non-hydrogen) atoms. The number of benzene rings is 2. The lowest BCUT2D eigenvalue weighted by molar-refractivity contribution is -0.136. The van der Waals surface area contributed by atoms with Gasteiger partial charge in [0.2, 0.25) is 11.8 Å². The second kappa shape index (κ2) is 8.52. The van der Waals surface area contributed by atoms with Crippen molar-refractivity contribution < 1.29 is 14.3 Å². The van der Waals surface area contributed by atoms with Crippen LogP contribution in [0.2, 0.25) is 0 Å². The highest BCUT2D eigenvalue weighted by atomic mass is 16.5. The van der Waals surface area contributed by atoms with Crippen molar-refractivity contribution in [3.8, 4) is 5.75 Å². The molecule has 0 unspecified atom stereocenters. The molecule has 136 valence electrons. The summed E-state index contributed by atoms with van der Waals surface area (Å²) < 4.78 is 5.34. The zero-order valence-corrected chi connectivity index (χ0v) is 15.1. The Morgan fingerprint density at radius 2 is 1.77 bits per heavy atom. The first-order valence-electron chi connectivity index (χ1n) is 8.94. The van der Waals surface area contributed by atoms with Gasteiger partial charge in [0.15, 0.2) is 0 Å². The van der Waals surface area contributed by atoms with Gasteiger partial charge in [-0.2, -0.15) is 0 Å². The van der Waals surface area contributed by atoms with Gasteiger partial charge in [0.25, 0.3) is 0 Å². The van der Waals surface area contributed by atoms with Gasteiger partial charge < -0.3 is 14.5 Å². The standard InChI is InChI=1S/C21H24N2O3/c1-26-19-12-6-5-11-18(19)23-15-14-22(16-21(23)25)20(24)13-7-10-17-8-3-2-4-9-17/h2-6,8-9,11-12H,7,10,13-16H2,1H3. The van der Waals surface area contributed by atoms with Crippen LogP contribution in [0, 0.1) is 0 Å². The summed E-state index contributed by atoms with van der Waals surface area (Å²) in [5, 5.41) is 0. The van der Waals surface area contributed by atoms with Crippen LogP contribution in [0.1, 0.15) is 18.4 Å². The normalized spacial score (nSPS) is 14.4. The lowest BCUT2D eigenvalue weighted by atomic mass is 10.1. The van der Waals surface area contributed by atoms with Crippen molar-refractivity contribution in [3.63, 3.8) is 0 Å². The molecule has 2 aromatic carbocycles. The molecule has 5 nitrogen and oxygen atoms in total. The molecule has 5 heteroatoms. The van der Waals surface area contributed by atoms with Crippen LogP contribution in [0.3, 0.4) is 0 Å². The second-order valence-corrected chi connectivity index (χ2v) is 6.37. The Morgan fingerprint density at radius 1 is 1.04 bits per heavy atom. The molecular weight excluding hydrogens is 328 g/mol. The zero-order valence-electron chi connectivity index (χ0n) is 15.1. The van der Waals surface area contributed by atoms with Crippen molar-refractivity contribution >= 4 is 17.5 Å². The molecule has 0 aromatic heterocycles. The number of anilines is 1. The van der Waals surface area contributed by atoms with Crippen LogP contribution in [-0.2, 0) is 16.0 Å². The van der Waals surface area contributed by atoms with Crippen molar-refractivity contribution in [2.45, 2.75) is 19.3 Å². The Labute approximate surface area is 154 Å². The smallest absolute Gasteiger partial charge is 0.246 e. The number of rotatable bonds is 6. The van der Waals surface area contributed by atoms with Gasteiger partial charge in [0.05, 0.1) is 12.8 Å². The van der Waals surface area contributed by atoms with Crippen LogP contribution >= 0.6 is 0 Å². The van der Waals surface area contributed by atoms with Crippen LogP contribution in [0.5, 0.6) is 5.75 Å². The van der Waals surface area contributed by atoms with Gasteiger partial charge in [0, 0.05) is 19.5 Å². The van der Waals surface area contributed by atoms with Crippen LogP contribution in [0.4, 0.5) is 5.69 Å². The Bertz CT molecular complexity index is 761. The summed E-state index contributed by atoms with van der Waals surface area (Å²) in [6.45, 7) is 1.17. The van der Waals surface area contributed by atoms with E-state index in [0.717, 1.165) is 18.5 Å². The van der Waals surface area contributed by atoms with Gasteiger partial charge in [-0.05, 0) is 30.5 Å². The highest BCUT2D eigenvalue weighted by molar-refractivity contribution is 5.99. The third kappa shape index (κ3) is 4.23. The van der Waals surface area contributed by atoms with Gasteiger partial charge >= 0.3 is 0 Å². The number of para-hydroxylation sites is 2. The number of carbonyl (C=O) groups excluding carboxylic acids is 2. The number of methoxy groups -OCH3 is 1. The number of carbonyl (C=O) groups is 2. The molecule has 1 fully saturated rings. The minimum Gasteiger partial charge on any atom is -0.495 e. The Kier molecular flexibility index (Phi) is 5.89. The summed E-state index contributed by atoms with van der Waals surface area (Å²) in [4.78, 5) is 28.3. The van der Waals surface area contributed by atoms with Crippen molar-refractivity contribution in [1.29, 1.82) is 0 Å². The van der Waals surface area contributed by atoms with Crippen LogP contribution in [0.25, 0.3) is 0 Å². The molecule has 0 bridgehead atoms. The van der Waals surface area contributed by atoms with Gasteiger partial charge in [0.1, 0.15) is 12.3 Å². The number of ether oxygens (including phenoxy) is 1. The van der Waals surface area contributed by atoms with Crippen molar-refractivity contribution in [2.75, 3.05) is 31.6 Å². The van der Waals surface area contributed by atoms with E-state index in [1.54, 1.807) is 16.9 Å². The minimum atomic E-state index is -0.0721. The number of nitrogens with zero attached hydrogens (tertiary/aromatic N) is 2. The molecule has 0 spiro atoms. The van der Waals surface area contributed by atoms with E-state index in [-0.39, 0.29) is 18.4 Å². The number of hydrogen-bond donors (Lipinski definition) is 0. The highest BCUT2D eigenvalue weighted by Gasteiger charge is 2.29. The van der Waals surface area contributed by atoms with E-state index in [2.05, 4.69) is 12.1 Å². The maximum absolute atomic E-state index is 12.5. The van der Waals surface area contributed by atoms with Crippen molar-refractivity contribution in [3.05, 3.63) is 60.2 Å². The largest absolute Gasteiger partial charge is 0.495 e. The lowest BCUT2D eigenvalue weighted by Gasteiger charge is -2.35. The van der Waals surface area contributed by atoms with E-state index < -0.39 is 0 Å². The van der Waals surface area contributed by atoms with Crippen LogP contribution in [-0.4, -0.2) is 43.5 Å². The van der Waals surface area contributed by atoms with Crippen molar-refractivity contribution in [2.24, 2.45) is 0 Å². The molecule has 1 heterocycles. The molecule has 0 aliphatic carbocycles. The fourth-order valence-electron chi connectivity index (χ4n) is 3.24. The van der Waals surface area contributed by atoms with E-state index in [4.69, 9.17) is 4.74 Å². The first-order valence-corrected chi connectivity index (χ1v) is 8.94. The first kappa shape index (κ1) is 18.0. The monoisotopic (exact) mass is 352 g/mol. The van der Waals surface area contributed by atoms with E-state index in [0.29, 0.717) is 25.3 Å². The molecule has 0 N–H and O–H groups in total. The molecule has 0 atom stereocenters. The second-order valence-electron chi connectivity index (χ2n) is 6.37. The quantitative estimate of drug-likeness (QED) is 0.803. The summed E-state index contributed by atoms with van der Waals surface area (Å²) in [6.07, 6.45) is 2.14. The van der Waals surface area contributed by atoms with Gasteiger partial charge in [-0.3, -0.25) is 9.59 Å². The van der Waals surface area contributed by atoms with E-state index in [1.165, 1.54) is 5.56 Å². The van der Waals surface area contributed by atoms with E-state index >= 15 is 0 Å². The van der Waals surface area contributed by atoms with Crippen LogP contribution < -0.4 is 9.64 Å². The minimum absolute atomic E-state index is 0.0500. The van der Waals surface area contributed by atoms with Gasteiger partial charge in [-0.1, -0.05) is 42.5 Å².